The van der Waals surface area contributed by atoms with Crippen molar-refractivity contribution in [3.05, 3.63) is 60.1 Å². The monoisotopic (exact) mass is 287 g/mol. The maximum Gasteiger partial charge on any atom is 0.317 e. The predicted octanol–water partition coefficient (Wildman–Crippen LogP) is 1.54. The summed E-state index contributed by atoms with van der Waals surface area (Å²) in [6.07, 6.45) is 3.08. The molecule has 0 aliphatic heterocycles. The van der Waals surface area contributed by atoms with Crippen LogP contribution in [-0.2, 0) is 10.8 Å². The number of pyridine rings is 1. The highest BCUT2D eigenvalue weighted by atomic mass is 32.2. The van der Waals surface area contributed by atoms with Gasteiger partial charge in [-0.1, -0.05) is 18.2 Å². The highest BCUT2D eigenvalue weighted by molar-refractivity contribution is 7.85. The molecule has 0 aliphatic carbocycles. The number of nitrogens with zero attached hydrogens (tertiary/aromatic N) is 3. The van der Waals surface area contributed by atoms with Crippen LogP contribution in [0.2, 0.25) is 0 Å². The van der Waals surface area contributed by atoms with Gasteiger partial charge in [0.1, 0.15) is 10.8 Å². The van der Waals surface area contributed by atoms with Crippen LogP contribution in [0.1, 0.15) is 0 Å². The summed E-state index contributed by atoms with van der Waals surface area (Å²) in [5, 5.41) is 15.4. The Balaban J connectivity index is 2.11. The second-order valence-electron chi connectivity index (χ2n) is 3.90. The van der Waals surface area contributed by atoms with E-state index in [4.69, 9.17) is 0 Å². The molecule has 20 heavy (non-hydrogen) atoms. The molecule has 2 heterocycles. The quantitative estimate of drug-likeness (QED) is 0.682. The fraction of sp³-hybridized carbons (Fsp3) is 0. The molecule has 1 aromatic carbocycles. The van der Waals surface area contributed by atoms with Gasteiger partial charge in [0.2, 0.25) is 5.69 Å². The van der Waals surface area contributed by atoms with Crippen molar-refractivity contribution >= 4 is 10.8 Å². The molecule has 1 unspecified atom stereocenters. The van der Waals surface area contributed by atoms with Gasteiger partial charge in [0, 0.05) is 22.9 Å². The van der Waals surface area contributed by atoms with Crippen molar-refractivity contribution in [2.24, 2.45) is 0 Å². The predicted molar refractivity (Wildman–Crippen MR) is 69.8 cm³/mol. The molecule has 1 atom stereocenters. The van der Waals surface area contributed by atoms with Gasteiger partial charge in [-0.05, 0) is 29.2 Å². The summed E-state index contributed by atoms with van der Waals surface area (Å²) < 4.78 is 17.1. The second kappa shape index (κ2) is 5.22. The highest BCUT2D eigenvalue weighted by Crippen LogP contribution is 2.24. The number of hydrogen-bond acceptors (Lipinski definition) is 5. The third-order valence-electron chi connectivity index (χ3n) is 2.67. The summed E-state index contributed by atoms with van der Waals surface area (Å²) in [6, 6.07) is 12.0. The van der Waals surface area contributed by atoms with Crippen molar-refractivity contribution < 1.29 is 13.7 Å². The Hall–Kier alpha value is -2.54. The van der Waals surface area contributed by atoms with Crippen LogP contribution in [0.4, 0.5) is 0 Å². The summed E-state index contributed by atoms with van der Waals surface area (Å²) in [5.74, 6) is 0. The normalized spacial score (nSPS) is 12.2. The Labute approximate surface area is 116 Å². The van der Waals surface area contributed by atoms with E-state index in [1.165, 1.54) is 12.4 Å². The summed E-state index contributed by atoms with van der Waals surface area (Å²) in [7, 11) is -1.58. The van der Waals surface area contributed by atoms with Gasteiger partial charge >= 0.3 is 5.03 Å². The van der Waals surface area contributed by atoms with Gasteiger partial charge in [0.25, 0.3) is 0 Å². The maximum absolute atomic E-state index is 12.5. The number of rotatable bonds is 3. The van der Waals surface area contributed by atoms with Crippen molar-refractivity contribution in [2.45, 2.75) is 9.92 Å². The zero-order valence-corrected chi connectivity index (χ0v) is 11.0. The molecule has 6 nitrogen and oxygen atoms in total. The van der Waals surface area contributed by atoms with Crippen molar-refractivity contribution in [3.8, 4) is 11.3 Å². The molecule has 3 rings (SSSR count). The third kappa shape index (κ3) is 2.19. The first-order chi connectivity index (χ1) is 9.77. The van der Waals surface area contributed by atoms with E-state index in [1.807, 2.05) is 6.07 Å². The van der Waals surface area contributed by atoms with Crippen LogP contribution in [0.15, 0.2) is 69.4 Å². The fourth-order valence-corrected chi connectivity index (χ4v) is 2.85. The summed E-state index contributed by atoms with van der Waals surface area (Å²) in [5.41, 5.74) is 0.685. The topological polar surface area (TPSA) is 82.9 Å². The molecule has 7 heteroatoms. The Bertz CT molecular complexity index is 744. The van der Waals surface area contributed by atoms with E-state index in [1.54, 1.807) is 36.4 Å². The van der Waals surface area contributed by atoms with Crippen LogP contribution in [0.25, 0.3) is 11.3 Å². The van der Waals surface area contributed by atoms with Gasteiger partial charge in [0.05, 0.1) is 5.16 Å². The first kappa shape index (κ1) is 12.5. The van der Waals surface area contributed by atoms with E-state index < -0.39 is 10.8 Å². The Morgan fingerprint density at radius 3 is 2.50 bits per heavy atom. The molecule has 0 N–H and O–H groups in total. The van der Waals surface area contributed by atoms with Crippen molar-refractivity contribution in [2.75, 3.05) is 0 Å². The largest absolute Gasteiger partial charge is 0.359 e. The van der Waals surface area contributed by atoms with E-state index in [9.17, 15) is 9.42 Å². The lowest BCUT2D eigenvalue weighted by molar-refractivity contribution is -0.793. The summed E-state index contributed by atoms with van der Waals surface area (Å²) in [4.78, 5) is 4.69. The van der Waals surface area contributed by atoms with E-state index in [-0.39, 0.29) is 15.6 Å². The van der Waals surface area contributed by atoms with Crippen LogP contribution >= 0.6 is 0 Å². The zero-order valence-electron chi connectivity index (χ0n) is 10.2. The molecule has 0 radical (unpaired) electrons. The van der Waals surface area contributed by atoms with Crippen LogP contribution in [-0.4, -0.2) is 14.3 Å². The lowest BCUT2D eigenvalue weighted by atomic mass is 10.2. The highest BCUT2D eigenvalue weighted by Gasteiger charge is 2.27. The maximum atomic E-state index is 12.5. The van der Waals surface area contributed by atoms with Gasteiger partial charge in [-0.3, -0.25) is 9.61 Å². The van der Waals surface area contributed by atoms with E-state index in [0.29, 0.717) is 10.5 Å². The average molecular weight is 287 g/mol. The zero-order chi connectivity index (χ0) is 13.9. The fourth-order valence-electron chi connectivity index (χ4n) is 1.75. The third-order valence-corrected chi connectivity index (χ3v) is 3.99. The average Bonchev–Trinajstić information content (AvgIpc) is 2.90. The molecule has 0 saturated carbocycles. The van der Waals surface area contributed by atoms with Gasteiger partial charge in [-0.25, -0.2) is 4.21 Å². The molecule has 100 valence electrons. The minimum Gasteiger partial charge on any atom is -0.359 e. The minimum atomic E-state index is -1.58. The second-order valence-corrected chi connectivity index (χ2v) is 5.30. The molecule has 0 amide bonds. The molecular formula is C13H9N3O3S. The van der Waals surface area contributed by atoms with Gasteiger partial charge in [-0.15, -0.1) is 0 Å². The smallest absolute Gasteiger partial charge is 0.317 e. The SMILES string of the molecule is O=S(c1ccccc1)c1no[n+]([O-])c1-c1ccncc1. The molecule has 0 bridgehead atoms. The van der Waals surface area contributed by atoms with Gasteiger partial charge in [0.15, 0.2) is 0 Å². The van der Waals surface area contributed by atoms with E-state index >= 15 is 0 Å². The van der Waals surface area contributed by atoms with Crippen LogP contribution < -0.4 is 4.90 Å². The van der Waals surface area contributed by atoms with Crippen LogP contribution in [0, 0.1) is 5.21 Å². The molecule has 0 aliphatic rings. The lowest BCUT2D eigenvalue weighted by Gasteiger charge is -1.99. The van der Waals surface area contributed by atoms with Gasteiger partial charge < -0.3 is 5.21 Å². The van der Waals surface area contributed by atoms with E-state index in [2.05, 4.69) is 14.8 Å². The number of aromatic nitrogens is 3. The van der Waals surface area contributed by atoms with Crippen LogP contribution in [0.3, 0.4) is 0 Å². The van der Waals surface area contributed by atoms with Gasteiger partial charge in [-0.2, -0.15) is 0 Å². The molecule has 3 aromatic rings. The number of hydrogen-bond donors (Lipinski definition) is 0. The molecule has 2 aromatic heterocycles. The lowest BCUT2D eigenvalue weighted by Crippen LogP contribution is -2.25. The minimum absolute atomic E-state index is 0.0948. The van der Waals surface area contributed by atoms with Crippen molar-refractivity contribution in [1.29, 1.82) is 0 Å². The standard InChI is InChI=1S/C13H9N3O3S/c17-16-12(10-6-8-14-9-7-10)13(15-19-16)20(18)11-4-2-1-3-5-11/h1-9H. The summed E-state index contributed by atoms with van der Waals surface area (Å²) in [6.45, 7) is 0. The Kier molecular flexibility index (Phi) is 3.26. The molecular weight excluding hydrogens is 278 g/mol. The first-order valence-electron chi connectivity index (χ1n) is 5.74. The molecule has 0 spiro atoms. The van der Waals surface area contributed by atoms with Crippen LogP contribution in [0.5, 0.6) is 0 Å². The van der Waals surface area contributed by atoms with Crippen molar-refractivity contribution in [1.82, 2.24) is 10.1 Å². The summed E-state index contributed by atoms with van der Waals surface area (Å²) >= 11 is 0. The number of benzene rings is 1. The Morgan fingerprint density at radius 2 is 1.80 bits per heavy atom. The Morgan fingerprint density at radius 1 is 1.10 bits per heavy atom. The first-order valence-corrected chi connectivity index (χ1v) is 6.89. The van der Waals surface area contributed by atoms with Crippen molar-refractivity contribution in [3.63, 3.8) is 0 Å². The van der Waals surface area contributed by atoms with E-state index in [0.717, 1.165) is 0 Å². The molecule has 0 saturated heterocycles. The molecule has 0 fully saturated rings.